The summed E-state index contributed by atoms with van der Waals surface area (Å²) in [5, 5.41) is 11.1. The Morgan fingerprint density at radius 2 is 2.00 bits per heavy atom. The van der Waals surface area contributed by atoms with Crippen molar-refractivity contribution in [3.05, 3.63) is 27.8 Å². The Kier molecular flexibility index (Phi) is 3.25. The maximum atomic E-state index is 12.2. The number of nitrogens with one attached hydrogen (secondary N) is 1. The van der Waals surface area contributed by atoms with E-state index < -0.39 is 0 Å². The predicted octanol–water partition coefficient (Wildman–Crippen LogP) is 1.79. The van der Waals surface area contributed by atoms with Gasteiger partial charge in [0.1, 0.15) is 5.69 Å². The van der Waals surface area contributed by atoms with Crippen molar-refractivity contribution in [1.29, 1.82) is 0 Å². The smallest absolute Gasteiger partial charge is 0.275 e. The van der Waals surface area contributed by atoms with E-state index in [1.54, 1.807) is 22.6 Å². The predicted molar refractivity (Wildman–Crippen MR) is 71.5 cm³/mol. The molecule has 96 valence electrons. The molecule has 0 aliphatic rings. The Morgan fingerprint density at radius 1 is 1.33 bits per heavy atom. The highest BCUT2D eigenvalue weighted by Gasteiger charge is 2.19. The van der Waals surface area contributed by atoms with Gasteiger partial charge in [-0.25, -0.2) is 0 Å². The molecule has 18 heavy (non-hydrogen) atoms. The number of hydrogen-bond donors (Lipinski definition) is 1. The van der Waals surface area contributed by atoms with Crippen LogP contribution in [0.2, 0.25) is 0 Å². The lowest BCUT2D eigenvalue weighted by atomic mass is 10.3. The van der Waals surface area contributed by atoms with E-state index in [-0.39, 0.29) is 5.91 Å². The molecule has 0 aliphatic carbocycles. The molecule has 1 N–H and O–H groups in total. The molecule has 0 unspecified atom stereocenters. The van der Waals surface area contributed by atoms with Crippen LogP contribution in [0.25, 0.3) is 0 Å². The summed E-state index contributed by atoms with van der Waals surface area (Å²) >= 11 is 3.37. The minimum absolute atomic E-state index is 0.207. The number of amides is 1. The van der Waals surface area contributed by atoms with Crippen molar-refractivity contribution in [2.75, 3.05) is 5.32 Å². The quantitative estimate of drug-likeness (QED) is 0.919. The summed E-state index contributed by atoms with van der Waals surface area (Å²) < 4.78 is 3.98. The number of halogens is 1. The van der Waals surface area contributed by atoms with E-state index in [0.29, 0.717) is 15.9 Å². The van der Waals surface area contributed by atoms with E-state index in [2.05, 4.69) is 31.4 Å². The zero-order chi connectivity index (χ0) is 13.4. The lowest BCUT2D eigenvalue weighted by molar-refractivity contribution is 0.101. The van der Waals surface area contributed by atoms with Gasteiger partial charge < -0.3 is 5.32 Å². The molecule has 0 saturated carbocycles. The van der Waals surface area contributed by atoms with E-state index in [9.17, 15) is 4.79 Å². The molecule has 2 aromatic heterocycles. The Bertz CT molecular complexity index is 613. The van der Waals surface area contributed by atoms with Gasteiger partial charge in [0.15, 0.2) is 0 Å². The van der Waals surface area contributed by atoms with Gasteiger partial charge in [0.25, 0.3) is 5.91 Å². The first kappa shape index (κ1) is 12.8. The SMILES string of the molecule is Cc1nn(C)c(C(=O)Nc2cnn(C)c2C)c1Br. The molecule has 0 fully saturated rings. The van der Waals surface area contributed by atoms with Crippen LogP contribution >= 0.6 is 15.9 Å². The number of aromatic nitrogens is 4. The normalized spacial score (nSPS) is 10.7. The first-order valence-corrected chi connectivity index (χ1v) is 6.20. The summed E-state index contributed by atoms with van der Waals surface area (Å²) in [7, 11) is 3.57. The number of carbonyl (C=O) groups excluding carboxylic acids is 1. The van der Waals surface area contributed by atoms with Crippen LogP contribution in [0, 0.1) is 13.8 Å². The third-order valence-corrected chi connectivity index (χ3v) is 3.80. The lowest BCUT2D eigenvalue weighted by Gasteiger charge is -2.05. The van der Waals surface area contributed by atoms with Crippen molar-refractivity contribution in [3.63, 3.8) is 0 Å². The monoisotopic (exact) mass is 311 g/mol. The fraction of sp³-hybridized carbons (Fsp3) is 0.364. The summed E-state index contributed by atoms with van der Waals surface area (Å²) in [5.41, 5.74) is 2.88. The van der Waals surface area contributed by atoms with Gasteiger partial charge >= 0.3 is 0 Å². The Morgan fingerprint density at radius 3 is 2.44 bits per heavy atom. The van der Waals surface area contributed by atoms with E-state index >= 15 is 0 Å². The second kappa shape index (κ2) is 4.56. The van der Waals surface area contributed by atoms with Gasteiger partial charge in [-0.2, -0.15) is 10.2 Å². The Labute approximate surface area is 113 Å². The van der Waals surface area contributed by atoms with Crippen LogP contribution in [0.1, 0.15) is 21.9 Å². The van der Waals surface area contributed by atoms with Crippen molar-refractivity contribution in [3.8, 4) is 0 Å². The molecular weight excluding hydrogens is 298 g/mol. The van der Waals surface area contributed by atoms with Crippen LogP contribution in [0.3, 0.4) is 0 Å². The van der Waals surface area contributed by atoms with Crippen LogP contribution in [-0.4, -0.2) is 25.5 Å². The number of nitrogens with zero attached hydrogens (tertiary/aromatic N) is 4. The molecule has 7 heteroatoms. The largest absolute Gasteiger partial charge is 0.318 e. The fourth-order valence-electron chi connectivity index (χ4n) is 1.68. The standard InChI is InChI=1S/C11H14BrN5O/c1-6-9(12)10(17(4)15-6)11(18)14-8-5-13-16(3)7(8)2/h5H,1-4H3,(H,14,18). The van der Waals surface area contributed by atoms with Crippen molar-refractivity contribution < 1.29 is 4.79 Å². The van der Waals surface area contributed by atoms with Crippen LogP contribution in [0.5, 0.6) is 0 Å². The summed E-state index contributed by atoms with van der Waals surface area (Å²) in [6.45, 7) is 3.74. The third kappa shape index (κ3) is 2.05. The van der Waals surface area contributed by atoms with Gasteiger partial charge in [-0.3, -0.25) is 14.2 Å². The number of rotatable bonds is 2. The summed E-state index contributed by atoms with van der Waals surface area (Å²) in [5.74, 6) is -0.207. The third-order valence-electron chi connectivity index (χ3n) is 2.85. The highest BCUT2D eigenvalue weighted by atomic mass is 79.9. The number of carbonyl (C=O) groups is 1. The van der Waals surface area contributed by atoms with Gasteiger partial charge in [-0.05, 0) is 29.8 Å². The molecule has 6 nitrogen and oxygen atoms in total. The topological polar surface area (TPSA) is 64.7 Å². The van der Waals surface area contributed by atoms with E-state index in [1.807, 2.05) is 20.9 Å². The molecule has 1 amide bonds. The molecule has 0 aliphatic heterocycles. The van der Waals surface area contributed by atoms with E-state index in [0.717, 1.165) is 11.4 Å². The maximum Gasteiger partial charge on any atom is 0.275 e. The highest BCUT2D eigenvalue weighted by Crippen LogP contribution is 2.22. The fourth-order valence-corrected chi connectivity index (χ4v) is 2.20. The minimum Gasteiger partial charge on any atom is -0.318 e. The zero-order valence-corrected chi connectivity index (χ0v) is 12.2. The molecule has 0 bridgehead atoms. The second-order valence-corrected chi connectivity index (χ2v) is 4.89. The van der Waals surface area contributed by atoms with Gasteiger partial charge in [-0.1, -0.05) is 0 Å². The molecule has 0 atom stereocenters. The van der Waals surface area contributed by atoms with Crippen molar-refractivity contribution in [1.82, 2.24) is 19.6 Å². The first-order valence-electron chi connectivity index (χ1n) is 5.41. The van der Waals surface area contributed by atoms with Gasteiger partial charge in [0.05, 0.1) is 27.7 Å². The molecule has 2 rings (SSSR count). The Hall–Kier alpha value is -1.63. The van der Waals surface area contributed by atoms with Crippen LogP contribution in [-0.2, 0) is 14.1 Å². The Balaban J connectivity index is 2.30. The molecule has 0 aromatic carbocycles. The van der Waals surface area contributed by atoms with Gasteiger partial charge in [0.2, 0.25) is 0 Å². The minimum atomic E-state index is -0.207. The van der Waals surface area contributed by atoms with Crippen LogP contribution in [0.4, 0.5) is 5.69 Å². The number of hydrogen-bond acceptors (Lipinski definition) is 3. The maximum absolute atomic E-state index is 12.2. The zero-order valence-electron chi connectivity index (χ0n) is 10.7. The summed E-state index contributed by atoms with van der Waals surface area (Å²) in [6, 6.07) is 0. The number of aryl methyl sites for hydroxylation is 3. The van der Waals surface area contributed by atoms with Crippen LogP contribution < -0.4 is 5.32 Å². The summed E-state index contributed by atoms with van der Waals surface area (Å²) in [4.78, 5) is 12.2. The van der Waals surface area contributed by atoms with Crippen LogP contribution in [0.15, 0.2) is 10.7 Å². The molecule has 0 saturated heterocycles. The van der Waals surface area contributed by atoms with Crippen molar-refractivity contribution in [2.24, 2.45) is 14.1 Å². The van der Waals surface area contributed by atoms with Crippen molar-refractivity contribution >= 4 is 27.5 Å². The van der Waals surface area contributed by atoms with E-state index in [1.165, 1.54) is 0 Å². The molecule has 2 heterocycles. The lowest BCUT2D eigenvalue weighted by Crippen LogP contribution is -2.17. The average Bonchev–Trinajstić information content (AvgIpc) is 2.73. The molecular formula is C11H14BrN5O. The average molecular weight is 312 g/mol. The first-order chi connectivity index (χ1) is 8.41. The second-order valence-electron chi connectivity index (χ2n) is 4.09. The van der Waals surface area contributed by atoms with Crippen molar-refractivity contribution in [2.45, 2.75) is 13.8 Å². The van der Waals surface area contributed by atoms with E-state index in [4.69, 9.17) is 0 Å². The highest BCUT2D eigenvalue weighted by molar-refractivity contribution is 9.10. The number of anilines is 1. The molecule has 0 spiro atoms. The van der Waals surface area contributed by atoms with Gasteiger partial charge in [-0.15, -0.1) is 0 Å². The molecule has 0 radical (unpaired) electrons. The van der Waals surface area contributed by atoms with Gasteiger partial charge in [0, 0.05) is 14.1 Å². The molecule has 2 aromatic rings. The summed E-state index contributed by atoms with van der Waals surface area (Å²) in [6.07, 6.45) is 1.63.